The Bertz CT molecular complexity index is 544. The zero-order chi connectivity index (χ0) is 14.4. The molecule has 0 saturated heterocycles. The fourth-order valence-electron chi connectivity index (χ4n) is 2.44. The second-order valence-corrected chi connectivity index (χ2v) is 7.75. The molecule has 0 bridgehead atoms. The normalized spacial score (nSPS) is 11.9. The van der Waals surface area contributed by atoms with Crippen molar-refractivity contribution in [2.45, 2.75) is 19.0 Å². The lowest BCUT2D eigenvalue weighted by atomic mass is 10.2. The number of pyridine rings is 1. The van der Waals surface area contributed by atoms with E-state index in [1.807, 2.05) is 0 Å². The minimum Gasteiger partial charge on any atom is -0.377 e. The van der Waals surface area contributed by atoms with E-state index in [-0.39, 0.29) is 0 Å². The number of nitrogens with zero attached hydrogens (tertiary/aromatic N) is 1. The molecule has 1 heterocycles. The van der Waals surface area contributed by atoms with E-state index in [1.54, 1.807) is 21.3 Å². The first-order valence-electron chi connectivity index (χ1n) is 6.77. The molecule has 0 radical (unpaired) electrons. The van der Waals surface area contributed by atoms with Crippen molar-refractivity contribution in [1.82, 2.24) is 0 Å². The highest BCUT2D eigenvalue weighted by Crippen LogP contribution is 2.15. The summed E-state index contributed by atoms with van der Waals surface area (Å²) in [5.41, 5.74) is 1.24. The lowest BCUT2D eigenvalue weighted by Crippen LogP contribution is -2.44. The molecule has 0 unspecified atom stereocenters. The van der Waals surface area contributed by atoms with Gasteiger partial charge in [-0.25, -0.2) is 0 Å². The van der Waals surface area contributed by atoms with Crippen molar-refractivity contribution in [2.24, 2.45) is 0 Å². The van der Waals surface area contributed by atoms with E-state index in [1.165, 1.54) is 10.9 Å². The van der Waals surface area contributed by atoms with Gasteiger partial charge in [-0.3, -0.25) is 0 Å². The smallest absolute Gasteiger partial charge is 0.377 e. The average Bonchev–Trinajstić information content (AvgIpc) is 2.52. The van der Waals surface area contributed by atoms with Crippen LogP contribution in [0, 0.1) is 0 Å². The molecule has 0 atom stereocenters. The van der Waals surface area contributed by atoms with Crippen LogP contribution in [0.25, 0.3) is 10.9 Å². The highest BCUT2D eigenvalue weighted by Gasteiger charge is 2.37. The number of benzene rings is 1. The second-order valence-electron chi connectivity index (χ2n) is 4.66. The molecule has 0 saturated carbocycles. The summed E-state index contributed by atoms with van der Waals surface area (Å²) in [5, 5.41) is 1.25. The summed E-state index contributed by atoms with van der Waals surface area (Å²) in [6, 6.07) is 13.4. The molecular formula is C15H22NO3Si+. The molecule has 0 aliphatic carbocycles. The Morgan fingerprint density at radius 3 is 2.30 bits per heavy atom. The van der Waals surface area contributed by atoms with Crippen LogP contribution in [0.3, 0.4) is 0 Å². The Morgan fingerprint density at radius 1 is 0.950 bits per heavy atom. The molecule has 1 aromatic carbocycles. The van der Waals surface area contributed by atoms with Crippen LogP contribution in [0.5, 0.6) is 0 Å². The molecule has 0 N–H and O–H groups in total. The molecule has 2 aromatic rings. The molecule has 0 aliphatic rings. The van der Waals surface area contributed by atoms with Gasteiger partial charge in [0.25, 0.3) is 0 Å². The maximum atomic E-state index is 5.45. The number of para-hydroxylation sites is 1. The lowest BCUT2D eigenvalue weighted by molar-refractivity contribution is -0.671. The zero-order valence-electron chi connectivity index (χ0n) is 12.3. The summed E-state index contributed by atoms with van der Waals surface area (Å²) in [6.07, 6.45) is 3.07. The van der Waals surface area contributed by atoms with Crippen molar-refractivity contribution in [3.63, 3.8) is 0 Å². The Hall–Kier alpha value is -1.27. The van der Waals surface area contributed by atoms with Crippen LogP contribution in [0.1, 0.15) is 6.42 Å². The summed E-state index contributed by atoms with van der Waals surface area (Å²) < 4.78 is 18.6. The molecule has 108 valence electrons. The lowest BCUT2D eigenvalue weighted by Gasteiger charge is -2.23. The topological polar surface area (TPSA) is 31.6 Å². The number of rotatable bonds is 7. The monoisotopic (exact) mass is 292 g/mol. The van der Waals surface area contributed by atoms with Crippen molar-refractivity contribution >= 4 is 19.7 Å². The molecular weight excluding hydrogens is 270 g/mol. The first kappa shape index (κ1) is 15.1. The summed E-state index contributed by atoms with van der Waals surface area (Å²) in [4.78, 5) is 0. The molecule has 0 spiro atoms. The van der Waals surface area contributed by atoms with Gasteiger partial charge >= 0.3 is 8.80 Å². The van der Waals surface area contributed by atoms with Gasteiger partial charge in [0.15, 0.2) is 6.20 Å². The molecule has 20 heavy (non-hydrogen) atoms. The number of fused-ring (bicyclic) bond motifs is 1. The third-order valence-electron chi connectivity index (χ3n) is 3.60. The molecule has 0 fully saturated rings. The van der Waals surface area contributed by atoms with Gasteiger partial charge in [0.1, 0.15) is 6.54 Å². The van der Waals surface area contributed by atoms with Gasteiger partial charge in [-0.2, -0.15) is 4.57 Å². The highest BCUT2D eigenvalue weighted by atomic mass is 28.4. The van der Waals surface area contributed by atoms with Gasteiger partial charge in [0, 0.05) is 51.3 Å². The Labute approximate surface area is 121 Å². The summed E-state index contributed by atoms with van der Waals surface area (Å²) in [6.45, 7) is 0.923. The largest absolute Gasteiger partial charge is 0.500 e. The predicted molar refractivity (Wildman–Crippen MR) is 80.3 cm³/mol. The fourth-order valence-corrected chi connectivity index (χ4v) is 4.14. The second kappa shape index (κ2) is 6.94. The van der Waals surface area contributed by atoms with Gasteiger partial charge in [-0.1, -0.05) is 12.1 Å². The Morgan fingerprint density at radius 2 is 1.60 bits per heavy atom. The first-order chi connectivity index (χ1) is 9.74. The third kappa shape index (κ3) is 3.24. The Balaban J connectivity index is 2.06. The van der Waals surface area contributed by atoms with E-state index in [0.29, 0.717) is 0 Å². The van der Waals surface area contributed by atoms with Crippen molar-refractivity contribution in [1.29, 1.82) is 0 Å². The minimum atomic E-state index is -2.45. The standard InChI is InChI=1S/C15H22NO3Si/c1-17-20(18-2,19-3)13-7-12-16-11-6-9-14-8-4-5-10-15(14)16/h4-6,8-11H,7,12-13H2,1-3H3/q+1. The van der Waals surface area contributed by atoms with Gasteiger partial charge in [-0.15, -0.1) is 0 Å². The fraction of sp³-hybridized carbons (Fsp3) is 0.400. The van der Waals surface area contributed by atoms with Crippen LogP contribution in [0.4, 0.5) is 0 Å². The first-order valence-corrected chi connectivity index (χ1v) is 8.70. The zero-order valence-corrected chi connectivity index (χ0v) is 13.3. The molecule has 5 heteroatoms. The molecule has 0 aliphatic heterocycles. The van der Waals surface area contributed by atoms with E-state index in [9.17, 15) is 0 Å². The van der Waals surface area contributed by atoms with Gasteiger partial charge in [0.05, 0.1) is 0 Å². The molecule has 4 nitrogen and oxygen atoms in total. The SMILES string of the molecule is CO[Si](CCC[n+]1cccc2ccccc21)(OC)OC. The summed E-state index contributed by atoms with van der Waals surface area (Å²) >= 11 is 0. The van der Waals surface area contributed by atoms with E-state index in [0.717, 1.165) is 19.0 Å². The van der Waals surface area contributed by atoms with E-state index >= 15 is 0 Å². The van der Waals surface area contributed by atoms with Crippen LogP contribution in [0.2, 0.25) is 6.04 Å². The van der Waals surface area contributed by atoms with Crippen LogP contribution in [0.15, 0.2) is 42.6 Å². The van der Waals surface area contributed by atoms with E-state index < -0.39 is 8.80 Å². The van der Waals surface area contributed by atoms with E-state index in [4.69, 9.17) is 13.3 Å². The molecule has 1 aromatic heterocycles. The van der Waals surface area contributed by atoms with Crippen LogP contribution >= 0.6 is 0 Å². The highest BCUT2D eigenvalue weighted by molar-refractivity contribution is 6.60. The van der Waals surface area contributed by atoms with Gasteiger partial charge in [0.2, 0.25) is 5.52 Å². The molecule has 0 amide bonds. The third-order valence-corrected chi connectivity index (χ3v) is 6.43. The quantitative estimate of drug-likeness (QED) is 0.580. The number of hydrogen-bond acceptors (Lipinski definition) is 3. The maximum absolute atomic E-state index is 5.45. The number of aryl methyl sites for hydroxylation is 1. The van der Waals surface area contributed by atoms with Crippen molar-refractivity contribution in [3.8, 4) is 0 Å². The van der Waals surface area contributed by atoms with Crippen LogP contribution in [-0.2, 0) is 19.8 Å². The number of aromatic nitrogens is 1. The summed E-state index contributed by atoms with van der Waals surface area (Å²) in [5.74, 6) is 0. The van der Waals surface area contributed by atoms with E-state index in [2.05, 4.69) is 47.2 Å². The van der Waals surface area contributed by atoms with Crippen molar-refractivity contribution < 1.29 is 17.8 Å². The van der Waals surface area contributed by atoms with Crippen LogP contribution in [-0.4, -0.2) is 30.1 Å². The van der Waals surface area contributed by atoms with Crippen molar-refractivity contribution in [3.05, 3.63) is 42.6 Å². The predicted octanol–water partition coefficient (Wildman–Crippen LogP) is 2.40. The number of hydrogen-bond donors (Lipinski definition) is 0. The Kier molecular flexibility index (Phi) is 5.25. The maximum Gasteiger partial charge on any atom is 0.500 e. The van der Waals surface area contributed by atoms with Crippen molar-refractivity contribution in [2.75, 3.05) is 21.3 Å². The molecule has 2 rings (SSSR count). The van der Waals surface area contributed by atoms with Gasteiger partial charge < -0.3 is 13.3 Å². The van der Waals surface area contributed by atoms with Crippen LogP contribution < -0.4 is 4.57 Å². The van der Waals surface area contributed by atoms with Gasteiger partial charge in [-0.05, 0) is 12.1 Å². The average molecular weight is 292 g/mol. The summed E-state index contributed by atoms with van der Waals surface area (Å²) in [7, 11) is 2.52. The minimum absolute atomic E-state index is 0.812.